The molecule has 3 unspecified atom stereocenters. The first-order chi connectivity index (χ1) is 9.80. The van der Waals surface area contributed by atoms with Crippen LogP contribution in [0, 0.1) is 0 Å². The van der Waals surface area contributed by atoms with Crippen LogP contribution < -0.4 is 5.32 Å². The van der Waals surface area contributed by atoms with E-state index < -0.39 is 0 Å². The Balaban J connectivity index is 2.05. The fourth-order valence-corrected chi connectivity index (χ4v) is 6.04. The van der Waals surface area contributed by atoms with Gasteiger partial charge in [0, 0.05) is 41.0 Å². The Hall–Kier alpha value is -0.200. The lowest BCUT2D eigenvalue weighted by Gasteiger charge is -2.35. The normalized spacial score (nSPS) is 24.8. The number of nitrogens with zero attached hydrogens (tertiary/aromatic N) is 3. The number of rotatable bonds is 7. The second kappa shape index (κ2) is 8.29. The first kappa shape index (κ1) is 16.2. The van der Waals surface area contributed by atoms with Crippen molar-refractivity contribution < 1.29 is 0 Å². The van der Waals surface area contributed by atoms with Crippen molar-refractivity contribution in [3.05, 3.63) is 12.2 Å². The quantitative estimate of drug-likeness (QED) is 0.837. The summed E-state index contributed by atoms with van der Waals surface area (Å²) >= 11 is 4.27. The molecule has 0 aromatic carbocycles. The van der Waals surface area contributed by atoms with Gasteiger partial charge in [0.05, 0.1) is 0 Å². The van der Waals surface area contributed by atoms with Gasteiger partial charge in [0.15, 0.2) is 0 Å². The number of thioether (sulfide) groups is 2. The molecule has 1 aromatic heterocycles. The molecule has 1 aliphatic rings. The summed E-state index contributed by atoms with van der Waals surface area (Å²) in [6.07, 6.45) is 5.03. The zero-order valence-corrected chi connectivity index (χ0v) is 14.3. The van der Waals surface area contributed by atoms with E-state index in [1.165, 1.54) is 17.9 Å². The van der Waals surface area contributed by atoms with Crippen LogP contribution in [0.15, 0.2) is 6.33 Å². The lowest BCUT2D eigenvalue weighted by Crippen LogP contribution is -2.45. The second-order valence-electron chi connectivity index (χ2n) is 5.15. The Kier molecular flexibility index (Phi) is 6.71. The SMILES string of the molecule is CCCn1ncnc1CC(NC)C1SCCSC1CC. The van der Waals surface area contributed by atoms with E-state index in [-0.39, 0.29) is 0 Å². The number of hydrogen-bond acceptors (Lipinski definition) is 5. The van der Waals surface area contributed by atoms with Crippen LogP contribution in [0.25, 0.3) is 0 Å². The van der Waals surface area contributed by atoms with Gasteiger partial charge in [-0.2, -0.15) is 28.6 Å². The van der Waals surface area contributed by atoms with Gasteiger partial charge in [0.1, 0.15) is 12.2 Å². The predicted octanol–water partition coefficient (Wildman–Crippen LogP) is 2.45. The molecule has 1 saturated heterocycles. The maximum absolute atomic E-state index is 4.46. The highest BCUT2D eigenvalue weighted by Gasteiger charge is 2.32. The van der Waals surface area contributed by atoms with Gasteiger partial charge in [-0.05, 0) is 19.9 Å². The van der Waals surface area contributed by atoms with Gasteiger partial charge in [-0.15, -0.1) is 0 Å². The van der Waals surface area contributed by atoms with E-state index in [4.69, 9.17) is 0 Å². The topological polar surface area (TPSA) is 42.7 Å². The molecule has 0 amide bonds. The lowest BCUT2D eigenvalue weighted by atomic mass is 10.1. The first-order valence-corrected chi connectivity index (χ1v) is 9.67. The molecule has 4 nitrogen and oxygen atoms in total. The molecule has 1 aliphatic heterocycles. The van der Waals surface area contributed by atoms with Gasteiger partial charge in [-0.3, -0.25) is 4.68 Å². The van der Waals surface area contributed by atoms with E-state index in [1.54, 1.807) is 6.33 Å². The van der Waals surface area contributed by atoms with Crippen molar-refractivity contribution in [1.29, 1.82) is 0 Å². The van der Waals surface area contributed by atoms with E-state index in [9.17, 15) is 0 Å². The third kappa shape index (κ3) is 3.92. The van der Waals surface area contributed by atoms with Crippen molar-refractivity contribution in [2.75, 3.05) is 18.6 Å². The molecule has 1 fully saturated rings. The van der Waals surface area contributed by atoms with Gasteiger partial charge in [0.2, 0.25) is 0 Å². The number of aromatic nitrogens is 3. The maximum Gasteiger partial charge on any atom is 0.138 e. The van der Waals surface area contributed by atoms with Crippen molar-refractivity contribution in [2.24, 2.45) is 0 Å². The van der Waals surface area contributed by atoms with E-state index in [2.05, 4.69) is 64.5 Å². The highest BCUT2D eigenvalue weighted by Crippen LogP contribution is 2.35. The van der Waals surface area contributed by atoms with Crippen LogP contribution in [0.1, 0.15) is 32.5 Å². The van der Waals surface area contributed by atoms with Crippen molar-refractivity contribution in [3.63, 3.8) is 0 Å². The molecular formula is C14H26N4S2. The van der Waals surface area contributed by atoms with E-state index in [0.29, 0.717) is 11.3 Å². The van der Waals surface area contributed by atoms with Gasteiger partial charge < -0.3 is 5.32 Å². The lowest BCUT2D eigenvalue weighted by molar-refractivity contribution is 0.480. The largest absolute Gasteiger partial charge is 0.315 e. The standard InChI is InChI=1S/C14H26N4S2/c1-4-6-18-13(16-10-17-18)9-11(15-3)14-12(5-2)19-7-8-20-14/h10-12,14-15H,4-9H2,1-3H3. The molecule has 3 atom stereocenters. The molecule has 0 saturated carbocycles. The minimum Gasteiger partial charge on any atom is -0.315 e. The van der Waals surface area contributed by atoms with E-state index >= 15 is 0 Å². The summed E-state index contributed by atoms with van der Waals surface area (Å²) in [4.78, 5) is 4.46. The zero-order chi connectivity index (χ0) is 14.4. The fraction of sp³-hybridized carbons (Fsp3) is 0.857. The van der Waals surface area contributed by atoms with Crippen LogP contribution in [0.4, 0.5) is 0 Å². The summed E-state index contributed by atoms with van der Waals surface area (Å²) in [5.74, 6) is 3.69. The number of hydrogen-bond donors (Lipinski definition) is 1. The number of aryl methyl sites for hydroxylation is 1. The first-order valence-electron chi connectivity index (χ1n) is 7.57. The molecule has 0 spiro atoms. The van der Waals surface area contributed by atoms with Crippen molar-refractivity contribution in [1.82, 2.24) is 20.1 Å². The van der Waals surface area contributed by atoms with Crippen molar-refractivity contribution in [2.45, 2.75) is 56.2 Å². The van der Waals surface area contributed by atoms with Crippen LogP contribution in [-0.2, 0) is 13.0 Å². The molecular weight excluding hydrogens is 288 g/mol. The second-order valence-corrected chi connectivity index (χ2v) is 7.78. The Morgan fingerprint density at radius 3 is 2.90 bits per heavy atom. The summed E-state index contributed by atoms with van der Waals surface area (Å²) < 4.78 is 2.06. The van der Waals surface area contributed by atoms with Crippen LogP contribution in [0.5, 0.6) is 0 Å². The Morgan fingerprint density at radius 2 is 2.20 bits per heavy atom. The Morgan fingerprint density at radius 1 is 1.40 bits per heavy atom. The van der Waals surface area contributed by atoms with E-state index in [0.717, 1.165) is 30.5 Å². The molecule has 114 valence electrons. The molecule has 2 heterocycles. The highest BCUT2D eigenvalue weighted by atomic mass is 32.2. The molecule has 6 heteroatoms. The molecule has 0 bridgehead atoms. The minimum absolute atomic E-state index is 0.484. The van der Waals surface area contributed by atoms with Crippen LogP contribution in [0.2, 0.25) is 0 Å². The van der Waals surface area contributed by atoms with Crippen molar-refractivity contribution in [3.8, 4) is 0 Å². The molecule has 2 rings (SSSR count). The van der Waals surface area contributed by atoms with Crippen molar-refractivity contribution >= 4 is 23.5 Å². The molecule has 0 radical (unpaired) electrons. The molecule has 1 N–H and O–H groups in total. The maximum atomic E-state index is 4.46. The third-order valence-corrected chi connectivity index (χ3v) is 7.20. The van der Waals surface area contributed by atoms with Gasteiger partial charge in [0.25, 0.3) is 0 Å². The van der Waals surface area contributed by atoms with Gasteiger partial charge in [-0.1, -0.05) is 13.8 Å². The third-order valence-electron chi connectivity index (χ3n) is 3.80. The zero-order valence-electron chi connectivity index (χ0n) is 12.7. The summed E-state index contributed by atoms with van der Waals surface area (Å²) in [5.41, 5.74) is 0. The number of nitrogens with one attached hydrogen (secondary N) is 1. The van der Waals surface area contributed by atoms with Crippen LogP contribution in [0.3, 0.4) is 0 Å². The highest BCUT2D eigenvalue weighted by molar-refractivity contribution is 8.07. The average molecular weight is 315 g/mol. The average Bonchev–Trinajstić information content (AvgIpc) is 2.92. The molecule has 20 heavy (non-hydrogen) atoms. The molecule has 0 aliphatic carbocycles. The fourth-order valence-electron chi connectivity index (χ4n) is 2.74. The monoisotopic (exact) mass is 314 g/mol. The number of likely N-dealkylation sites (N-methyl/N-ethyl adjacent to an activating group) is 1. The summed E-state index contributed by atoms with van der Waals surface area (Å²) in [5, 5.41) is 9.31. The van der Waals surface area contributed by atoms with Crippen LogP contribution in [-0.4, -0.2) is 49.9 Å². The summed E-state index contributed by atoms with van der Waals surface area (Å²) in [6.45, 7) is 5.46. The van der Waals surface area contributed by atoms with Gasteiger partial charge in [-0.25, -0.2) is 4.98 Å². The summed E-state index contributed by atoms with van der Waals surface area (Å²) in [7, 11) is 2.08. The smallest absolute Gasteiger partial charge is 0.138 e. The van der Waals surface area contributed by atoms with Crippen LogP contribution >= 0.6 is 23.5 Å². The van der Waals surface area contributed by atoms with E-state index in [1.807, 2.05) is 0 Å². The van der Waals surface area contributed by atoms with Gasteiger partial charge >= 0.3 is 0 Å². The Bertz CT molecular complexity index is 396. The predicted molar refractivity (Wildman–Crippen MR) is 89.6 cm³/mol. The summed E-state index contributed by atoms with van der Waals surface area (Å²) in [6, 6.07) is 0.484. The minimum atomic E-state index is 0.484. The Labute approximate surface area is 130 Å². The molecule has 1 aromatic rings.